The smallest absolute Gasteiger partial charge is 0.257 e. The Labute approximate surface area is 127 Å². The van der Waals surface area contributed by atoms with Crippen LogP contribution in [0.5, 0.6) is 0 Å². The molecule has 0 amide bonds. The number of hydrogen-bond acceptors (Lipinski definition) is 5. The van der Waals surface area contributed by atoms with E-state index >= 15 is 0 Å². The van der Waals surface area contributed by atoms with E-state index in [0.29, 0.717) is 18.8 Å². The zero-order valence-corrected chi connectivity index (χ0v) is 13.1. The van der Waals surface area contributed by atoms with Crippen molar-refractivity contribution in [1.29, 1.82) is 0 Å². The molecule has 112 valence electrons. The third kappa shape index (κ3) is 4.15. The Hall–Kier alpha value is -1.66. The highest BCUT2D eigenvalue weighted by Crippen LogP contribution is 2.15. The van der Waals surface area contributed by atoms with Gasteiger partial charge in [0.15, 0.2) is 5.03 Å². The van der Waals surface area contributed by atoms with E-state index in [1.807, 2.05) is 18.4 Å². The minimum atomic E-state index is -3.57. The number of thiophene rings is 1. The molecule has 0 atom stereocenters. The Morgan fingerprint density at radius 2 is 2.33 bits per heavy atom. The predicted molar refractivity (Wildman–Crippen MR) is 82.2 cm³/mol. The van der Waals surface area contributed by atoms with E-state index in [1.54, 1.807) is 0 Å². The molecule has 0 fully saturated rings. The molecule has 0 saturated heterocycles. The largest absolute Gasteiger partial charge is 0.332 e. The van der Waals surface area contributed by atoms with Gasteiger partial charge in [-0.2, -0.15) is 0 Å². The maximum Gasteiger partial charge on any atom is 0.257 e. The average molecular weight is 324 g/mol. The van der Waals surface area contributed by atoms with E-state index < -0.39 is 10.0 Å². The van der Waals surface area contributed by atoms with Gasteiger partial charge in [0.05, 0.1) is 12.7 Å². The second-order valence-corrected chi connectivity index (χ2v) is 6.91. The van der Waals surface area contributed by atoms with Crippen LogP contribution in [-0.4, -0.2) is 24.9 Å². The Morgan fingerprint density at radius 1 is 1.52 bits per heavy atom. The number of aromatic nitrogens is 2. The van der Waals surface area contributed by atoms with E-state index in [4.69, 9.17) is 5.73 Å². The highest BCUT2D eigenvalue weighted by molar-refractivity contribution is 7.89. The lowest BCUT2D eigenvalue weighted by Gasteiger charge is -2.02. The number of sulfonamides is 1. The highest BCUT2D eigenvalue weighted by Gasteiger charge is 2.16. The fourth-order valence-electron chi connectivity index (χ4n) is 1.60. The van der Waals surface area contributed by atoms with Crippen LogP contribution in [0.3, 0.4) is 0 Å². The molecular formula is C13H16N4O2S2. The van der Waals surface area contributed by atoms with Gasteiger partial charge >= 0.3 is 0 Å². The van der Waals surface area contributed by atoms with Crippen LogP contribution in [0.1, 0.15) is 23.2 Å². The number of H-pyrrole nitrogens is 1. The molecule has 0 bridgehead atoms. The van der Waals surface area contributed by atoms with Crippen molar-refractivity contribution >= 4 is 21.4 Å². The van der Waals surface area contributed by atoms with Crippen molar-refractivity contribution in [2.24, 2.45) is 5.73 Å². The number of hydrogen-bond donors (Lipinski definition) is 3. The quantitative estimate of drug-likeness (QED) is 0.709. The van der Waals surface area contributed by atoms with Crippen LogP contribution >= 0.6 is 11.3 Å². The van der Waals surface area contributed by atoms with Crippen LogP contribution in [0.4, 0.5) is 0 Å². The summed E-state index contributed by atoms with van der Waals surface area (Å²) < 4.78 is 26.7. The van der Waals surface area contributed by atoms with Crippen molar-refractivity contribution in [3.63, 3.8) is 0 Å². The van der Waals surface area contributed by atoms with Crippen LogP contribution in [0, 0.1) is 11.8 Å². The van der Waals surface area contributed by atoms with Crippen molar-refractivity contribution in [2.75, 3.05) is 6.54 Å². The summed E-state index contributed by atoms with van der Waals surface area (Å²) in [7, 11) is -3.57. The number of nitrogens with two attached hydrogens (primary N) is 1. The van der Waals surface area contributed by atoms with Crippen molar-refractivity contribution in [3.8, 4) is 11.8 Å². The summed E-state index contributed by atoms with van der Waals surface area (Å²) in [6, 6.07) is 1.85. The fraction of sp³-hybridized carbons (Fsp3) is 0.308. The summed E-state index contributed by atoms with van der Waals surface area (Å²) in [6.07, 6.45) is 1.98. The topological polar surface area (TPSA) is 101 Å². The lowest BCUT2D eigenvalue weighted by molar-refractivity contribution is 0.578. The molecule has 0 aliphatic heterocycles. The second-order valence-electron chi connectivity index (χ2n) is 4.18. The molecule has 2 aromatic heterocycles. The molecule has 8 heteroatoms. The minimum absolute atomic E-state index is 0.0825. The molecule has 0 spiro atoms. The summed E-state index contributed by atoms with van der Waals surface area (Å²) in [4.78, 5) is 7.65. The number of aromatic amines is 1. The number of nitrogens with one attached hydrogen (secondary N) is 2. The summed E-state index contributed by atoms with van der Waals surface area (Å²) in [5.41, 5.74) is 6.15. The standard InChI is InChI=1S/C13H16N4O2S2/c1-2-12-15-8-13(17-12)21(18,19)16-7-11-6-10(9-20-11)4-3-5-14/h6,8-9,16H,2,5,7,14H2,1H3,(H,15,17). The second kappa shape index (κ2) is 6.87. The third-order valence-corrected chi connectivity index (χ3v) is 4.90. The summed E-state index contributed by atoms with van der Waals surface area (Å²) in [5.74, 6) is 6.31. The van der Waals surface area contributed by atoms with E-state index in [9.17, 15) is 8.42 Å². The molecule has 2 aromatic rings. The number of rotatable bonds is 5. The maximum absolute atomic E-state index is 12.1. The molecule has 2 rings (SSSR count). The van der Waals surface area contributed by atoms with Crippen molar-refractivity contribution < 1.29 is 8.42 Å². The zero-order chi connectivity index (χ0) is 15.3. The first kappa shape index (κ1) is 15.7. The summed E-state index contributed by atoms with van der Waals surface area (Å²) in [5, 5.41) is 1.96. The van der Waals surface area contributed by atoms with Gasteiger partial charge in [0, 0.05) is 28.8 Å². The molecule has 0 aliphatic carbocycles. The van der Waals surface area contributed by atoms with Crippen molar-refractivity contribution in [2.45, 2.75) is 24.9 Å². The van der Waals surface area contributed by atoms with E-state index in [-0.39, 0.29) is 11.6 Å². The van der Waals surface area contributed by atoms with Crippen LogP contribution in [0.25, 0.3) is 0 Å². The molecule has 2 heterocycles. The lowest BCUT2D eigenvalue weighted by atomic mass is 10.3. The normalized spacial score (nSPS) is 11.1. The van der Waals surface area contributed by atoms with Gasteiger partial charge < -0.3 is 10.7 Å². The average Bonchev–Trinajstić information content (AvgIpc) is 3.12. The van der Waals surface area contributed by atoms with Gasteiger partial charge in [-0.3, -0.25) is 0 Å². The fourth-order valence-corrected chi connectivity index (χ4v) is 3.39. The summed E-state index contributed by atoms with van der Waals surface area (Å²) >= 11 is 1.45. The Kier molecular flexibility index (Phi) is 5.14. The minimum Gasteiger partial charge on any atom is -0.332 e. The van der Waals surface area contributed by atoms with E-state index in [2.05, 4.69) is 26.5 Å². The third-order valence-electron chi connectivity index (χ3n) is 2.65. The van der Waals surface area contributed by atoms with Crippen LogP contribution < -0.4 is 10.5 Å². The van der Waals surface area contributed by atoms with Gasteiger partial charge in [0.2, 0.25) is 0 Å². The maximum atomic E-state index is 12.1. The van der Waals surface area contributed by atoms with Gasteiger partial charge in [0.25, 0.3) is 10.0 Å². The molecule has 0 aromatic carbocycles. The first-order valence-electron chi connectivity index (χ1n) is 6.35. The highest BCUT2D eigenvalue weighted by atomic mass is 32.2. The molecule has 4 N–H and O–H groups in total. The van der Waals surface area contributed by atoms with Crippen LogP contribution in [0.2, 0.25) is 0 Å². The molecular weight excluding hydrogens is 308 g/mol. The Balaban J connectivity index is 2.03. The van der Waals surface area contributed by atoms with Gasteiger partial charge in [-0.05, 0) is 6.07 Å². The van der Waals surface area contributed by atoms with Crippen molar-refractivity contribution in [1.82, 2.24) is 14.7 Å². The van der Waals surface area contributed by atoms with E-state index in [1.165, 1.54) is 17.5 Å². The van der Waals surface area contributed by atoms with E-state index in [0.717, 1.165) is 10.4 Å². The lowest BCUT2D eigenvalue weighted by Crippen LogP contribution is -2.23. The zero-order valence-electron chi connectivity index (χ0n) is 11.5. The van der Waals surface area contributed by atoms with Gasteiger partial charge in [-0.1, -0.05) is 18.8 Å². The Bertz CT molecular complexity index is 765. The molecule has 0 saturated carbocycles. The Morgan fingerprint density at radius 3 is 3.00 bits per heavy atom. The van der Waals surface area contributed by atoms with Crippen LogP contribution in [-0.2, 0) is 23.0 Å². The van der Waals surface area contributed by atoms with Gasteiger partial charge in [-0.25, -0.2) is 18.1 Å². The molecule has 0 aliphatic rings. The SMILES string of the molecule is CCc1ncc(S(=O)(=O)NCc2cc(C#CCN)cs2)[nH]1. The molecule has 0 radical (unpaired) electrons. The molecule has 21 heavy (non-hydrogen) atoms. The molecule has 0 unspecified atom stereocenters. The first-order valence-corrected chi connectivity index (χ1v) is 8.71. The summed E-state index contributed by atoms with van der Waals surface area (Å²) in [6.45, 7) is 2.42. The number of aryl methyl sites for hydroxylation is 1. The van der Waals surface area contributed by atoms with Gasteiger partial charge in [0.1, 0.15) is 5.82 Å². The van der Waals surface area contributed by atoms with Crippen LogP contribution in [0.15, 0.2) is 22.7 Å². The van der Waals surface area contributed by atoms with Crippen molar-refractivity contribution in [3.05, 3.63) is 33.9 Å². The molecule has 6 nitrogen and oxygen atoms in total. The monoisotopic (exact) mass is 324 g/mol. The number of nitrogens with zero attached hydrogens (tertiary/aromatic N) is 1. The predicted octanol–water partition coefficient (Wildman–Crippen LogP) is 0.822. The van der Waals surface area contributed by atoms with Gasteiger partial charge in [-0.15, -0.1) is 11.3 Å². The first-order chi connectivity index (χ1) is 10.0. The number of imidazole rings is 1.